The summed E-state index contributed by atoms with van der Waals surface area (Å²) in [5.41, 5.74) is 2.92. The van der Waals surface area contributed by atoms with E-state index in [1.165, 1.54) is 18.4 Å². The van der Waals surface area contributed by atoms with Gasteiger partial charge in [-0.25, -0.2) is 0 Å². The van der Waals surface area contributed by atoms with Gasteiger partial charge in [0.1, 0.15) is 0 Å². The molecule has 3 heteroatoms. The van der Waals surface area contributed by atoms with Gasteiger partial charge in [-0.2, -0.15) is 0 Å². The largest absolute Gasteiger partial charge is 0.302 e. The van der Waals surface area contributed by atoms with Crippen molar-refractivity contribution in [2.24, 2.45) is 0 Å². The first kappa shape index (κ1) is 15.5. The third-order valence-corrected chi connectivity index (χ3v) is 5.10. The lowest BCUT2D eigenvalue weighted by atomic mass is 9.94. The maximum Gasteiger partial charge on any atom is 0.0419 e. The van der Waals surface area contributed by atoms with Crippen LogP contribution in [-0.2, 0) is 11.8 Å². The van der Waals surface area contributed by atoms with Crippen LogP contribution < -0.4 is 0 Å². The summed E-state index contributed by atoms with van der Waals surface area (Å²) in [6.07, 6.45) is 5.41. The van der Waals surface area contributed by atoms with Crippen LogP contribution in [0.3, 0.4) is 0 Å². The molecule has 0 saturated heterocycles. The molecule has 0 bridgehead atoms. The van der Waals surface area contributed by atoms with Gasteiger partial charge in [0, 0.05) is 41.3 Å². The first-order valence-electron chi connectivity index (χ1n) is 7.95. The van der Waals surface area contributed by atoms with E-state index in [0.717, 1.165) is 23.7 Å². The van der Waals surface area contributed by atoms with Crippen molar-refractivity contribution in [1.29, 1.82) is 0 Å². The van der Waals surface area contributed by atoms with Gasteiger partial charge in [-0.1, -0.05) is 29.8 Å². The monoisotopic (exact) mass is 314 g/mol. The number of hydrogen-bond acceptors (Lipinski definition) is 2. The molecule has 1 atom stereocenters. The molecule has 0 N–H and O–H groups in total. The van der Waals surface area contributed by atoms with Gasteiger partial charge in [0.25, 0.3) is 0 Å². The molecule has 2 nitrogen and oxygen atoms in total. The predicted molar refractivity (Wildman–Crippen MR) is 92.4 cm³/mol. The van der Waals surface area contributed by atoms with Crippen molar-refractivity contribution in [2.45, 2.75) is 37.6 Å². The van der Waals surface area contributed by atoms with Crippen LogP contribution in [0, 0.1) is 0 Å². The van der Waals surface area contributed by atoms with Crippen molar-refractivity contribution >= 4 is 11.6 Å². The van der Waals surface area contributed by atoms with E-state index in [1.807, 2.05) is 24.4 Å². The fourth-order valence-electron chi connectivity index (χ4n) is 3.10. The molecule has 1 saturated carbocycles. The van der Waals surface area contributed by atoms with Crippen molar-refractivity contribution in [3.63, 3.8) is 0 Å². The minimum Gasteiger partial charge on any atom is -0.302 e. The van der Waals surface area contributed by atoms with E-state index in [1.54, 1.807) is 0 Å². The fraction of sp³-hybridized carbons (Fsp3) is 0.421. The molecular formula is C19H23ClN2. The van der Waals surface area contributed by atoms with Crippen molar-refractivity contribution in [2.75, 3.05) is 13.6 Å². The Bertz CT molecular complexity index is 605. The maximum absolute atomic E-state index is 6.01. The van der Waals surface area contributed by atoms with Gasteiger partial charge in [-0.05, 0) is 56.6 Å². The van der Waals surface area contributed by atoms with Crippen molar-refractivity contribution in [3.05, 3.63) is 64.9 Å². The molecule has 1 heterocycles. The Morgan fingerprint density at radius 2 is 1.91 bits per heavy atom. The molecule has 1 fully saturated rings. The van der Waals surface area contributed by atoms with Crippen molar-refractivity contribution < 1.29 is 0 Å². The van der Waals surface area contributed by atoms with E-state index >= 15 is 0 Å². The van der Waals surface area contributed by atoms with E-state index in [-0.39, 0.29) is 0 Å². The SMILES string of the molecule is CC(Cc1ccccn1)N(C)CC1(c2ccc(Cl)cc2)CC1. The number of hydrogen-bond donors (Lipinski definition) is 0. The van der Waals surface area contributed by atoms with Gasteiger partial charge >= 0.3 is 0 Å². The third-order valence-electron chi connectivity index (χ3n) is 4.85. The van der Waals surface area contributed by atoms with Crippen LogP contribution >= 0.6 is 11.6 Å². The lowest BCUT2D eigenvalue weighted by Crippen LogP contribution is -2.37. The van der Waals surface area contributed by atoms with Gasteiger partial charge in [0.05, 0.1) is 0 Å². The predicted octanol–water partition coefficient (Wildman–Crippen LogP) is 4.33. The lowest BCUT2D eigenvalue weighted by Gasteiger charge is -2.29. The van der Waals surface area contributed by atoms with E-state index in [4.69, 9.17) is 11.6 Å². The molecule has 3 rings (SSSR count). The molecule has 0 amide bonds. The summed E-state index contributed by atoms with van der Waals surface area (Å²) in [7, 11) is 2.23. The van der Waals surface area contributed by atoms with Crippen LogP contribution in [-0.4, -0.2) is 29.5 Å². The van der Waals surface area contributed by atoms with Crippen molar-refractivity contribution in [3.8, 4) is 0 Å². The Morgan fingerprint density at radius 1 is 1.18 bits per heavy atom. The molecule has 1 aromatic carbocycles. The van der Waals surface area contributed by atoms with Crippen LogP contribution in [0.4, 0.5) is 0 Å². The molecule has 0 radical (unpaired) electrons. The fourth-order valence-corrected chi connectivity index (χ4v) is 3.23. The molecule has 0 spiro atoms. The van der Waals surface area contributed by atoms with Gasteiger partial charge in [0.2, 0.25) is 0 Å². The number of benzene rings is 1. The van der Waals surface area contributed by atoms with Gasteiger partial charge in [-0.3, -0.25) is 4.98 Å². The second kappa shape index (κ2) is 6.39. The molecule has 1 aliphatic rings. The Morgan fingerprint density at radius 3 is 2.50 bits per heavy atom. The second-order valence-corrected chi connectivity index (χ2v) is 7.01. The summed E-state index contributed by atoms with van der Waals surface area (Å²) < 4.78 is 0. The van der Waals surface area contributed by atoms with Crippen LogP contribution in [0.15, 0.2) is 48.7 Å². The zero-order valence-corrected chi connectivity index (χ0v) is 14.1. The molecule has 116 valence electrons. The highest BCUT2D eigenvalue weighted by atomic mass is 35.5. The molecule has 22 heavy (non-hydrogen) atoms. The van der Waals surface area contributed by atoms with Crippen LogP contribution in [0.5, 0.6) is 0 Å². The highest BCUT2D eigenvalue weighted by Gasteiger charge is 2.45. The molecular weight excluding hydrogens is 292 g/mol. The van der Waals surface area contributed by atoms with E-state index in [9.17, 15) is 0 Å². The molecule has 1 unspecified atom stereocenters. The molecule has 1 aromatic heterocycles. The van der Waals surface area contributed by atoms with Crippen LogP contribution in [0.1, 0.15) is 31.0 Å². The first-order chi connectivity index (χ1) is 10.6. The number of rotatable bonds is 6. The lowest BCUT2D eigenvalue weighted by molar-refractivity contribution is 0.232. The Labute approximate surface area is 138 Å². The summed E-state index contributed by atoms with van der Waals surface area (Å²) in [5.74, 6) is 0. The summed E-state index contributed by atoms with van der Waals surface area (Å²) >= 11 is 6.01. The van der Waals surface area contributed by atoms with E-state index in [0.29, 0.717) is 11.5 Å². The first-order valence-corrected chi connectivity index (χ1v) is 8.33. The normalized spacial score (nSPS) is 17.5. The Kier molecular flexibility index (Phi) is 4.51. The summed E-state index contributed by atoms with van der Waals surface area (Å²) in [4.78, 5) is 6.91. The van der Waals surface area contributed by atoms with Gasteiger partial charge in [-0.15, -0.1) is 0 Å². The minimum absolute atomic E-state index is 0.331. The third kappa shape index (κ3) is 3.50. The number of aromatic nitrogens is 1. The zero-order chi connectivity index (χ0) is 15.6. The van der Waals surface area contributed by atoms with E-state index in [2.05, 4.69) is 48.1 Å². The Hall–Kier alpha value is -1.38. The Balaban J connectivity index is 1.63. The number of pyridine rings is 1. The average molecular weight is 315 g/mol. The molecule has 0 aliphatic heterocycles. The number of likely N-dealkylation sites (N-methyl/N-ethyl adjacent to an activating group) is 1. The highest BCUT2D eigenvalue weighted by molar-refractivity contribution is 6.30. The molecule has 1 aliphatic carbocycles. The molecule has 2 aromatic rings. The summed E-state index contributed by atoms with van der Waals surface area (Å²) in [6.45, 7) is 3.38. The topological polar surface area (TPSA) is 16.1 Å². The zero-order valence-electron chi connectivity index (χ0n) is 13.3. The number of nitrogens with zero attached hydrogens (tertiary/aromatic N) is 2. The van der Waals surface area contributed by atoms with Gasteiger partial charge in [0.15, 0.2) is 0 Å². The highest BCUT2D eigenvalue weighted by Crippen LogP contribution is 2.49. The quantitative estimate of drug-likeness (QED) is 0.789. The van der Waals surface area contributed by atoms with Crippen LogP contribution in [0.2, 0.25) is 5.02 Å². The number of halogens is 1. The summed E-state index contributed by atoms with van der Waals surface area (Å²) in [6, 6.07) is 15.0. The average Bonchev–Trinajstić information content (AvgIpc) is 3.29. The maximum atomic E-state index is 6.01. The van der Waals surface area contributed by atoms with Crippen LogP contribution in [0.25, 0.3) is 0 Å². The second-order valence-electron chi connectivity index (χ2n) is 6.58. The van der Waals surface area contributed by atoms with Gasteiger partial charge < -0.3 is 4.90 Å². The minimum atomic E-state index is 0.331. The van der Waals surface area contributed by atoms with E-state index < -0.39 is 0 Å². The smallest absolute Gasteiger partial charge is 0.0419 e. The summed E-state index contributed by atoms with van der Waals surface area (Å²) in [5, 5.41) is 0.816. The van der Waals surface area contributed by atoms with Crippen molar-refractivity contribution in [1.82, 2.24) is 9.88 Å². The standard InChI is InChI=1S/C19H23ClN2/c1-15(13-18-5-3-4-12-21-18)22(2)14-19(10-11-19)16-6-8-17(20)9-7-16/h3-9,12,15H,10-11,13-14H2,1-2H3.